The number of allylic oxidation sites excluding steroid dienone is 2. The number of nitrogens with one attached hydrogen (secondary N) is 1. The molecule has 5 nitrogen and oxygen atoms in total. The van der Waals surface area contributed by atoms with Gasteiger partial charge in [-0.2, -0.15) is 0 Å². The van der Waals surface area contributed by atoms with Crippen LogP contribution in [0.3, 0.4) is 0 Å². The van der Waals surface area contributed by atoms with Crippen LogP contribution in [0.1, 0.15) is 37.7 Å². The lowest BCUT2D eigenvalue weighted by Crippen LogP contribution is -2.47. The fourth-order valence-corrected chi connectivity index (χ4v) is 3.75. The first-order valence-corrected chi connectivity index (χ1v) is 10.6. The number of benzene rings is 1. The van der Waals surface area contributed by atoms with Crippen molar-refractivity contribution in [3.8, 4) is 0 Å². The number of hydrogen-bond donors (Lipinski definition) is 2. The van der Waals surface area contributed by atoms with Gasteiger partial charge in [0.25, 0.3) is 0 Å². The molecule has 1 heterocycles. The molecule has 0 amide bonds. The van der Waals surface area contributed by atoms with E-state index in [4.69, 9.17) is 4.84 Å². The van der Waals surface area contributed by atoms with E-state index >= 15 is 0 Å². The van der Waals surface area contributed by atoms with Crippen molar-refractivity contribution in [2.45, 2.75) is 38.2 Å². The minimum Gasteiger partial charge on any atom is -0.389 e. The van der Waals surface area contributed by atoms with E-state index in [1.165, 1.54) is 30.4 Å². The summed E-state index contributed by atoms with van der Waals surface area (Å²) in [7, 11) is 2.14. The van der Waals surface area contributed by atoms with Gasteiger partial charge in [-0.1, -0.05) is 42.8 Å². The highest BCUT2D eigenvalue weighted by Gasteiger charge is 2.17. The van der Waals surface area contributed by atoms with E-state index in [1.54, 1.807) is 0 Å². The van der Waals surface area contributed by atoms with Gasteiger partial charge in [0.05, 0.1) is 11.8 Å². The molecule has 0 bridgehead atoms. The van der Waals surface area contributed by atoms with Crippen LogP contribution in [-0.2, 0) is 4.84 Å². The monoisotopic (exact) mass is 385 g/mol. The molecule has 0 aromatic heterocycles. The maximum absolute atomic E-state index is 10.3. The predicted molar refractivity (Wildman–Crippen MR) is 115 cm³/mol. The van der Waals surface area contributed by atoms with E-state index in [2.05, 4.69) is 58.7 Å². The number of hydroxylamine groups is 1. The lowest BCUT2D eigenvalue weighted by atomic mass is 9.97. The first kappa shape index (κ1) is 21.1. The molecule has 1 fully saturated rings. The average Bonchev–Trinajstić information content (AvgIpc) is 2.69. The normalized spacial score (nSPS) is 22.4. The van der Waals surface area contributed by atoms with E-state index in [9.17, 15) is 5.11 Å². The standard InChI is InChI=1S/C23H35N3O2/c1-25-13-15-26(16-14-25)18-22(27)19-28-24-23-12-8-3-2-7-11-21(23)17-20-9-5-4-6-10-20/h4-6,9-10,12,17,22,24,27H,2-3,7-8,11,13-16,18-19H2,1H3/t22-/m1/s1. The van der Waals surface area contributed by atoms with Crippen LogP contribution in [0, 0.1) is 0 Å². The molecule has 1 aliphatic heterocycles. The van der Waals surface area contributed by atoms with Crippen LogP contribution in [0.2, 0.25) is 0 Å². The van der Waals surface area contributed by atoms with Gasteiger partial charge in [-0.25, -0.2) is 0 Å². The van der Waals surface area contributed by atoms with Gasteiger partial charge in [0.2, 0.25) is 0 Å². The minimum atomic E-state index is -0.480. The third-order valence-corrected chi connectivity index (χ3v) is 5.51. The third-order valence-electron chi connectivity index (χ3n) is 5.51. The number of likely N-dealkylation sites (N-methyl/N-ethyl adjacent to an activating group) is 1. The fraction of sp³-hybridized carbons (Fsp3) is 0.565. The van der Waals surface area contributed by atoms with Gasteiger partial charge in [0.15, 0.2) is 0 Å². The minimum absolute atomic E-state index is 0.294. The van der Waals surface area contributed by atoms with Gasteiger partial charge in [-0.05, 0) is 49.9 Å². The van der Waals surface area contributed by atoms with E-state index < -0.39 is 6.10 Å². The fourth-order valence-electron chi connectivity index (χ4n) is 3.75. The van der Waals surface area contributed by atoms with Gasteiger partial charge in [-0.3, -0.25) is 15.2 Å². The molecule has 1 aliphatic carbocycles. The van der Waals surface area contributed by atoms with Crippen LogP contribution in [-0.4, -0.2) is 67.4 Å². The maximum Gasteiger partial charge on any atom is 0.102 e. The van der Waals surface area contributed by atoms with Crippen molar-refractivity contribution in [3.05, 3.63) is 53.2 Å². The van der Waals surface area contributed by atoms with Crippen LogP contribution in [0.4, 0.5) is 0 Å². The first-order valence-electron chi connectivity index (χ1n) is 10.6. The largest absolute Gasteiger partial charge is 0.389 e. The summed E-state index contributed by atoms with van der Waals surface area (Å²) in [5.41, 5.74) is 6.68. The van der Waals surface area contributed by atoms with Crippen LogP contribution >= 0.6 is 0 Å². The van der Waals surface area contributed by atoms with E-state index in [-0.39, 0.29) is 0 Å². The number of piperazine rings is 1. The van der Waals surface area contributed by atoms with Crippen molar-refractivity contribution in [3.63, 3.8) is 0 Å². The quantitative estimate of drug-likeness (QED) is 0.707. The summed E-state index contributed by atoms with van der Waals surface area (Å²) in [4.78, 5) is 10.3. The highest BCUT2D eigenvalue weighted by Crippen LogP contribution is 2.23. The topological polar surface area (TPSA) is 48.0 Å². The number of rotatable bonds is 7. The molecule has 0 radical (unpaired) electrons. The molecule has 0 spiro atoms. The lowest BCUT2D eigenvalue weighted by Gasteiger charge is -2.33. The Labute approximate surface area is 169 Å². The molecule has 1 aromatic carbocycles. The molecular weight excluding hydrogens is 350 g/mol. The summed E-state index contributed by atoms with van der Waals surface area (Å²) >= 11 is 0. The molecule has 28 heavy (non-hydrogen) atoms. The molecule has 3 rings (SSSR count). The number of β-amino-alcohol motifs (C(OH)–C–C–N with tert-alkyl or cyclic N) is 1. The predicted octanol–water partition coefficient (Wildman–Crippen LogP) is 3.05. The molecular formula is C23H35N3O2. The maximum atomic E-state index is 10.3. The number of hydrogen-bond acceptors (Lipinski definition) is 5. The highest BCUT2D eigenvalue weighted by atomic mass is 16.6. The first-order chi connectivity index (χ1) is 13.7. The van der Waals surface area contributed by atoms with Gasteiger partial charge < -0.3 is 10.0 Å². The Hall–Kier alpha value is -1.66. The second kappa shape index (κ2) is 11.4. The van der Waals surface area contributed by atoms with Gasteiger partial charge in [0, 0.05) is 32.7 Å². The van der Waals surface area contributed by atoms with Crippen molar-refractivity contribution in [1.29, 1.82) is 0 Å². The SMILES string of the molecule is CN1CCN(C[C@@H](O)CONC2=CCCCCCC2=Cc2ccccc2)CC1. The third kappa shape index (κ3) is 7.06. The van der Waals surface area contributed by atoms with E-state index in [0.29, 0.717) is 13.2 Å². The Kier molecular flexibility index (Phi) is 8.55. The summed E-state index contributed by atoms with van der Waals surface area (Å²) in [6.07, 6.45) is 9.78. The summed E-state index contributed by atoms with van der Waals surface area (Å²) < 4.78 is 0. The molecule has 0 saturated carbocycles. The highest BCUT2D eigenvalue weighted by molar-refractivity contribution is 5.57. The number of aliphatic hydroxyl groups is 1. The molecule has 5 heteroatoms. The number of nitrogens with zero attached hydrogens (tertiary/aromatic N) is 2. The molecule has 1 aromatic rings. The molecule has 154 valence electrons. The zero-order chi connectivity index (χ0) is 19.6. The van der Waals surface area contributed by atoms with Crippen molar-refractivity contribution in [1.82, 2.24) is 15.3 Å². The zero-order valence-corrected chi connectivity index (χ0v) is 17.1. The zero-order valence-electron chi connectivity index (χ0n) is 17.1. The van der Waals surface area contributed by atoms with Crippen molar-refractivity contribution < 1.29 is 9.94 Å². The van der Waals surface area contributed by atoms with Gasteiger partial charge >= 0.3 is 0 Å². The van der Waals surface area contributed by atoms with E-state index in [1.807, 2.05) is 6.07 Å². The number of aliphatic hydroxyl groups excluding tert-OH is 1. The summed E-state index contributed by atoms with van der Waals surface area (Å²) in [5.74, 6) is 0. The Balaban J connectivity index is 1.52. The summed E-state index contributed by atoms with van der Waals surface area (Å²) in [6.45, 7) is 5.11. The molecule has 0 unspecified atom stereocenters. The lowest BCUT2D eigenvalue weighted by molar-refractivity contribution is -0.0222. The van der Waals surface area contributed by atoms with Crippen LogP contribution in [0.5, 0.6) is 0 Å². The Bertz CT molecular complexity index is 637. The van der Waals surface area contributed by atoms with Crippen molar-refractivity contribution >= 4 is 6.08 Å². The van der Waals surface area contributed by atoms with Gasteiger partial charge in [0.1, 0.15) is 6.61 Å². The second-order valence-corrected chi connectivity index (χ2v) is 7.97. The summed E-state index contributed by atoms with van der Waals surface area (Å²) in [6, 6.07) is 10.4. The molecule has 2 aliphatic rings. The average molecular weight is 386 g/mol. The second-order valence-electron chi connectivity index (χ2n) is 7.97. The Morgan fingerprint density at radius 2 is 1.89 bits per heavy atom. The molecule has 1 saturated heterocycles. The Morgan fingerprint density at radius 1 is 1.11 bits per heavy atom. The molecule has 2 N–H and O–H groups in total. The van der Waals surface area contributed by atoms with E-state index in [0.717, 1.165) is 44.7 Å². The Morgan fingerprint density at radius 3 is 2.68 bits per heavy atom. The van der Waals surface area contributed by atoms with Crippen LogP contribution in [0.25, 0.3) is 6.08 Å². The van der Waals surface area contributed by atoms with Gasteiger partial charge in [-0.15, -0.1) is 0 Å². The van der Waals surface area contributed by atoms with Crippen molar-refractivity contribution in [2.75, 3.05) is 46.4 Å². The smallest absolute Gasteiger partial charge is 0.102 e. The van der Waals surface area contributed by atoms with Crippen LogP contribution < -0.4 is 5.48 Å². The van der Waals surface area contributed by atoms with Crippen LogP contribution in [0.15, 0.2) is 47.7 Å². The summed E-state index contributed by atoms with van der Waals surface area (Å²) in [5, 5.41) is 10.3. The molecule has 1 atom stereocenters. The van der Waals surface area contributed by atoms with Crippen molar-refractivity contribution in [2.24, 2.45) is 0 Å².